The van der Waals surface area contributed by atoms with Crippen LogP contribution in [0.5, 0.6) is 5.88 Å². The summed E-state index contributed by atoms with van der Waals surface area (Å²) in [5.74, 6) is 1.42. The first kappa shape index (κ1) is 12.1. The van der Waals surface area contributed by atoms with Gasteiger partial charge in [0, 0.05) is 30.9 Å². The van der Waals surface area contributed by atoms with Gasteiger partial charge in [0.2, 0.25) is 11.8 Å². The summed E-state index contributed by atoms with van der Waals surface area (Å²) in [5, 5.41) is 0. The number of hydrogen-bond acceptors (Lipinski definition) is 5. The second-order valence-corrected chi connectivity index (χ2v) is 4.41. The second-order valence-electron chi connectivity index (χ2n) is 4.41. The highest BCUT2D eigenvalue weighted by molar-refractivity contribution is 5.34. The molecule has 1 saturated heterocycles. The molecule has 2 rings (SSSR count). The van der Waals surface area contributed by atoms with E-state index in [2.05, 4.69) is 14.9 Å². The second kappa shape index (κ2) is 5.31. The van der Waals surface area contributed by atoms with Gasteiger partial charge in [0.1, 0.15) is 0 Å². The van der Waals surface area contributed by atoms with E-state index in [9.17, 15) is 0 Å². The Balaban J connectivity index is 2.14. The number of anilines is 1. The fourth-order valence-corrected chi connectivity index (χ4v) is 1.99. The van der Waals surface area contributed by atoms with E-state index in [-0.39, 0.29) is 0 Å². The molecule has 1 aliphatic rings. The van der Waals surface area contributed by atoms with Crippen molar-refractivity contribution in [2.24, 2.45) is 5.73 Å². The molecule has 5 nitrogen and oxygen atoms in total. The van der Waals surface area contributed by atoms with E-state index in [4.69, 9.17) is 10.5 Å². The molecule has 94 valence electrons. The maximum absolute atomic E-state index is 5.89. The molecule has 0 unspecified atom stereocenters. The number of nitrogens with zero attached hydrogens (tertiary/aromatic N) is 3. The molecule has 0 radical (unpaired) electrons. The molecule has 2 heterocycles. The highest BCUT2D eigenvalue weighted by Gasteiger charge is 2.19. The summed E-state index contributed by atoms with van der Waals surface area (Å²) >= 11 is 0. The molecule has 1 aliphatic heterocycles. The summed E-state index contributed by atoms with van der Waals surface area (Å²) < 4.78 is 5.44. The highest BCUT2D eigenvalue weighted by atomic mass is 16.5. The number of aryl methyl sites for hydroxylation is 1. The van der Waals surface area contributed by atoms with Crippen LogP contribution in [-0.4, -0.2) is 35.7 Å². The van der Waals surface area contributed by atoms with Crippen LogP contribution < -0.4 is 15.4 Å². The van der Waals surface area contributed by atoms with Gasteiger partial charge in [-0.15, -0.1) is 0 Å². The first-order valence-electron chi connectivity index (χ1n) is 6.18. The van der Waals surface area contributed by atoms with E-state index in [1.807, 2.05) is 19.9 Å². The zero-order valence-corrected chi connectivity index (χ0v) is 10.5. The van der Waals surface area contributed by atoms with Crippen molar-refractivity contribution < 1.29 is 4.74 Å². The number of nitrogens with two attached hydrogens (primary N) is 1. The molecule has 1 aromatic rings. The number of hydrogen-bond donors (Lipinski definition) is 1. The van der Waals surface area contributed by atoms with E-state index in [0.717, 1.165) is 37.6 Å². The van der Waals surface area contributed by atoms with E-state index in [1.165, 1.54) is 0 Å². The van der Waals surface area contributed by atoms with Gasteiger partial charge in [-0.2, -0.15) is 4.98 Å². The van der Waals surface area contributed by atoms with Crippen LogP contribution in [0.1, 0.15) is 25.5 Å². The average Bonchev–Trinajstić information content (AvgIpc) is 2.29. The van der Waals surface area contributed by atoms with Crippen LogP contribution in [0.3, 0.4) is 0 Å². The first-order valence-corrected chi connectivity index (χ1v) is 6.18. The largest absolute Gasteiger partial charge is 0.478 e. The minimum absolute atomic E-state index is 0.322. The maximum atomic E-state index is 5.89. The van der Waals surface area contributed by atoms with E-state index in [1.54, 1.807) is 0 Å². The van der Waals surface area contributed by atoms with Crippen molar-refractivity contribution in [3.05, 3.63) is 11.8 Å². The summed E-state index contributed by atoms with van der Waals surface area (Å²) in [4.78, 5) is 11.1. The summed E-state index contributed by atoms with van der Waals surface area (Å²) in [6, 6.07) is 2.19. The Morgan fingerprint density at radius 1 is 1.41 bits per heavy atom. The fourth-order valence-electron chi connectivity index (χ4n) is 1.99. The van der Waals surface area contributed by atoms with Crippen molar-refractivity contribution in [2.75, 3.05) is 24.6 Å². The van der Waals surface area contributed by atoms with Crippen LogP contribution in [0.15, 0.2) is 6.07 Å². The van der Waals surface area contributed by atoms with Gasteiger partial charge < -0.3 is 15.4 Å². The number of ether oxygens (including phenoxy) is 1. The Bertz CT molecular complexity index is 375. The third kappa shape index (κ3) is 3.06. The third-order valence-corrected chi connectivity index (χ3v) is 2.93. The van der Waals surface area contributed by atoms with Crippen molar-refractivity contribution in [1.82, 2.24) is 9.97 Å². The van der Waals surface area contributed by atoms with Gasteiger partial charge in [0.25, 0.3) is 0 Å². The van der Waals surface area contributed by atoms with Gasteiger partial charge >= 0.3 is 0 Å². The summed E-state index contributed by atoms with van der Waals surface area (Å²) in [6.07, 6.45) is 2.00. The number of rotatable bonds is 3. The van der Waals surface area contributed by atoms with Gasteiger partial charge in [-0.1, -0.05) is 0 Å². The molecule has 2 N–H and O–H groups in total. The lowest BCUT2D eigenvalue weighted by Gasteiger charge is -2.30. The van der Waals surface area contributed by atoms with Crippen LogP contribution in [0.25, 0.3) is 0 Å². The topological polar surface area (TPSA) is 64.3 Å². The van der Waals surface area contributed by atoms with E-state index in [0.29, 0.717) is 18.5 Å². The number of piperidine rings is 1. The number of aromatic nitrogens is 2. The molecule has 0 amide bonds. The highest BCUT2D eigenvalue weighted by Crippen LogP contribution is 2.19. The summed E-state index contributed by atoms with van der Waals surface area (Å²) in [5.41, 5.74) is 6.83. The lowest BCUT2D eigenvalue weighted by molar-refractivity contribution is 0.325. The van der Waals surface area contributed by atoms with Crippen LogP contribution in [0, 0.1) is 6.92 Å². The molecule has 17 heavy (non-hydrogen) atoms. The Kier molecular flexibility index (Phi) is 3.78. The predicted octanol–water partition coefficient (Wildman–Crippen LogP) is 1.11. The minimum Gasteiger partial charge on any atom is -0.478 e. The van der Waals surface area contributed by atoms with Gasteiger partial charge in [0.15, 0.2) is 0 Å². The van der Waals surface area contributed by atoms with E-state index < -0.39 is 0 Å². The predicted molar refractivity (Wildman–Crippen MR) is 67.4 cm³/mol. The third-order valence-electron chi connectivity index (χ3n) is 2.93. The van der Waals surface area contributed by atoms with Gasteiger partial charge in [-0.05, 0) is 26.7 Å². The Hall–Kier alpha value is -1.36. The first-order chi connectivity index (χ1) is 8.19. The molecular formula is C12H20N4O. The monoisotopic (exact) mass is 236 g/mol. The fraction of sp³-hybridized carbons (Fsp3) is 0.667. The zero-order valence-electron chi connectivity index (χ0n) is 10.5. The van der Waals surface area contributed by atoms with Gasteiger partial charge in [-0.3, -0.25) is 0 Å². The maximum Gasteiger partial charge on any atom is 0.228 e. The standard InChI is InChI=1S/C12H20N4O/c1-3-17-11-8-9(2)14-12(15-11)16-6-4-10(13)5-7-16/h8,10H,3-7,13H2,1-2H3. The SMILES string of the molecule is CCOc1cc(C)nc(N2CCC(N)CC2)n1. The molecule has 0 bridgehead atoms. The molecule has 1 aromatic heterocycles. The van der Waals surface area contributed by atoms with Crippen molar-refractivity contribution in [3.8, 4) is 5.88 Å². The van der Waals surface area contributed by atoms with Crippen LogP contribution in [0.2, 0.25) is 0 Å². The van der Waals surface area contributed by atoms with Crippen molar-refractivity contribution in [3.63, 3.8) is 0 Å². The Labute approximate surface area is 102 Å². The Morgan fingerprint density at radius 3 is 2.76 bits per heavy atom. The molecular weight excluding hydrogens is 216 g/mol. The average molecular weight is 236 g/mol. The van der Waals surface area contributed by atoms with E-state index >= 15 is 0 Å². The molecule has 5 heteroatoms. The summed E-state index contributed by atoms with van der Waals surface area (Å²) in [6.45, 7) is 6.40. The summed E-state index contributed by atoms with van der Waals surface area (Å²) in [7, 11) is 0. The van der Waals surface area contributed by atoms with Crippen LogP contribution in [-0.2, 0) is 0 Å². The van der Waals surface area contributed by atoms with Crippen molar-refractivity contribution in [1.29, 1.82) is 0 Å². The molecule has 0 atom stereocenters. The van der Waals surface area contributed by atoms with Crippen LogP contribution >= 0.6 is 0 Å². The van der Waals surface area contributed by atoms with Crippen molar-refractivity contribution in [2.45, 2.75) is 32.7 Å². The zero-order chi connectivity index (χ0) is 12.3. The minimum atomic E-state index is 0.322. The van der Waals surface area contributed by atoms with Gasteiger partial charge in [0.05, 0.1) is 6.61 Å². The molecule has 0 aromatic carbocycles. The molecule has 0 spiro atoms. The smallest absolute Gasteiger partial charge is 0.228 e. The van der Waals surface area contributed by atoms with Crippen molar-refractivity contribution >= 4 is 5.95 Å². The van der Waals surface area contributed by atoms with Gasteiger partial charge in [-0.25, -0.2) is 4.98 Å². The molecule has 0 saturated carbocycles. The quantitative estimate of drug-likeness (QED) is 0.851. The lowest BCUT2D eigenvalue weighted by atomic mass is 10.1. The lowest BCUT2D eigenvalue weighted by Crippen LogP contribution is -2.40. The van der Waals surface area contributed by atoms with Crippen LogP contribution in [0.4, 0.5) is 5.95 Å². The molecule has 0 aliphatic carbocycles. The molecule has 1 fully saturated rings. The normalized spacial score (nSPS) is 17.2. The Morgan fingerprint density at radius 2 is 2.12 bits per heavy atom.